The lowest BCUT2D eigenvalue weighted by Gasteiger charge is -2.17. The third kappa shape index (κ3) is 5.61. The fourth-order valence-electron chi connectivity index (χ4n) is 2.16. The molecule has 0 aliphatic heterocycles. The van der Waals surface area contributed by atoms with E-state index in [1.54, 1.807) is 0 Å². The molecule has 1 unspecified atom stereocenters. The minimum Gasteiger partial charge on any atom is -0.395 e. The van der Waals surface area contributed by atoms with E-state index in [4.69, 9.17) is 5.11 Å². The van der Waals surface area contributed by atoms with Crippen LogP contribution in [0.3, 0.4) is 0 Å². The number of aliphatic hydroxyl groups excluding tert-OH is 1. The average Bonchev–Trinajstić information content (AvgIpc) is 2.48. The standard InChI is InChI=1S/C18H25NO2/c1-4-8-16(5-2)19-18(21)17-13-14(3)10-11-15(17)9-6-7-12-20/h10-11,13,16,20H,4-5,7-8,12H2,1-3H3,(H,19,21). The molecule has 3 heteroatoms. The van der Waals surface area contributed by atoms with Crippen LogP contribution in [0.4, 0.5) is 0 Å². The molecule has 114 valence electrons. The predicted octanol–water partition coefficient (Wildman–Crippen LogP) is 3.04. The summed E-state index contributed by atoms with van der Waals surface area (Å²) in [6.07, 6.45) is 3.38. The second-order valence-electron chi connectivity index (χ2n) is 5.19. The second-order valence-corrected chi connectivity index (χ2v) is 5.19. The number of hydrogen-bond donors (Lipinski definition) is 2. The van der Waals surface area contributed by atoms with Crippen LogP contribution >= 0.6 is 0 Å². The van der Waals surface area contributed by atoms with Crippen LogP contribution in [0.1, 0.15) is 61.0 Å². The third-order valence-electron chi connectivity index (χ3n) is 3.34. The SMILES string of the molecule is CCCC(CC)NC(=O)c1cc(C)ccc1C#CCCO. The number of hydrogen-bond acceptors (Lipinski definition) is 2. The zero-order valence-corrected chi connectivity index (χ0v) is 13.2. The molecule has 0 saturated carbocycles. The highest BCUT2D eigenvalue weighted by atomic mass is 16.2. The van der Waals surface area contributed by atoms with Gasteiger partial charge in [-0.05, 0) is 31.9 Å². The van der Waals surface area contributed by atoms with Crippen molar-refractivity contribution in [1.82, 2.24) is 5.32 Å². The molecule has 0 saturated heterocycles. The minimum absolute atomic E-state index is 0.0365. The molecule has 1 atom stereocenters. The Balaban J connectivity index is 2.96. The zero-order chi connectivity index (χ0) is 15.7. The molecule has 1 aromatic carbocycles. The average molecular weight is 287 g/mol. The third-order valence-corrected chi connectivity index (χ3v) is 3.34. The van der Waals surface area contributed by atoms with Gasteiger partial charge in [0.2, 0.25) is 0 Å². The molecule has 0 heterocycles. The van der Waals surface area contributed by atoms with Crippen LogP contribution in [0, 0.1) is 18.8 Å². The summed E-state index contributed by atoms with van der Waals surface area (Å²) in [5, 5.41) is 11.9. The van der Waals surface area contributed by atoms with Crippen molar-refractivity contribution in [2.24, 2.45) is 0 Å². The van der Waals surface area contributed by atoms with E-state index >= 15 is 0 Å². The van der Waals surface area contributed by atoms with E-state index in [0.717, 1.165) is 30.4 Å². The van der Waals surface area contributed by atoms with Crippen LogP contribution in [0.25, 0.3) is 0 Å². The van der Waals surface area contributed by atoms with Gasteiger partial charge in [-0.15, -0.1) is 0 Å². The first-order valence-corrected chi connectivity index (χ1v) is 7.63. The molecule has 1 rings (SSSR count). The molecule has 1 aromatic rings. The van der Waals surface area contributed by atoms with Gasteiger partial charge in [-0.3, -0.25) is 4.79 Å². The first-order valence-electron chi connectivity index (χ1n) is 7.63. The number of carbonyl (C=O) groups excluding carboxylic acids is 1. The smallest absolute Gasteiger partial charge is 0.252 e. The quantitative estimate of drug-likeness (QED) is 0.790. The number of aryl methyl sites for hydroxylation is 1. The number of benzene rings is 1. The second kappa shape index (κ2) is 9.20. The van der Waals surface area contributed by atoms with E-state index in [1.165, 1.54) is 0 Å². The Morgan fingerprint density at radius 2 is 2.14 bits per heavy atom. The van der Waals surface area contributed by atoms with Crippen LogP contribution in [0.5, 0.6) is 0 Å². The molecular formula is C18H25NO2. The van der Waals surface area contributed by atoms with Gasteiger partial charge in [0.1, 0.15) is 0 Å². The minimum atomic E-state index is -0.0627. The van der Waals surface area contributed by atoms with Gasteiger partial charge in [0.15, 0.2) is 0 Å². The molecule has 0 aliphatic rings. The van der Waals surface area contributed by atoms with Gasteiger partial charge in [0.05, 0.1) is 12.2 Å². The Morgan fingerprint density at radius 1 is 1.38 bits per heavy atom. The molecule has 0 fully saturated rings. The molecule has 21 heavy (non-hydrogen) atoms. The monoisotopic (exact) mass is 287 g/mol. The highest BCUT2D eigenvalue weighted by Gasteiger charge is 2.14. The van der Waals surface area contributed by atoms with Crippen LogP contribution < -0.4 is 5.32 Å². The number of carbonyl (C=O) groups is 1. The molecular weight excluding hydrogens is 262 g/mol. The molecule has 0 aliphatic carbocycles. The lowest BCUT2D eigenvalue weighted by molar-refractivity contribution is 0.0933. The molecule has 0 spiro atoms. The molecule has 0 bridgehead atoms. The van der Waals surface area contributed by atoms with Crippen molar-refractivity contribution in [2.75, 3.05) is 6.61 Å². The van der Waals surface area contributed by atoms with Gasteiger partial charge in [0.25, 0.3) is 5.91 Å². The fraction of sp³-hybridized carbons (Fsp3) is 0.500. The van der Waals surface area contributed by atoms with Crippen molar-refractivity contribution in [3.05, 3.63) is 34.9 Å². The van der Waals surface area contributed by atoms with E-state index in [2.05, 4.69) is 31.0 Å². The van der Waals surface area contributed by atoms with E-state index in [1.807, 2.05) is 25.1 Å². The van der Waals surface area contributed by atoms with Gasteiger partial charge in [-0.2, -0.15) is 0 Å². The summed E-state index contributed by atoms with van der Waals surface area (Å²) in [5.74, 6) is 5.79. The normalized spacial score (nSPS) is 11.4. The summed E-state index contributed by atoms with van der Waals surface area (Å²) in [4.78, 5) is 12.5. The highest BCUT2D eigenvalue weighted by Crippen LogP contribution is 2.12. The highest BCUT2D eigenvalue weighted by molar-refractivity contribution is 5.97. The first-order chi connectivity index (χ1) is 10.1. The van der Waals surface area contributed by atoms with Crippen LogP contribution in [0.15, 0.2) is 18.2 Å². The Morgan fingerprint density at radius 3 is 2.76 bits per heavy atom. The van der Waals surface area contributed by atoms with Crippen molar-refractivity contribution in [1.29, 1.82) is 0 Å². The number of nitrogens with one attached hydrogen (secondary N) is 1. The maximum absolute atomic E-state index is 12.5. The number of rotatable bonds is 6. The van der Waals surface area contributed by atoms with E-state index < -0.39 is 0 Å². The zero-order valence-electron chi connectivity index (χ0n) is 13.2. The van der Waals surface area contributed by atoms with Crippen molar-refractivity contribution in [2.45, 2.75) is 52.5 Å². The van der Waals surface area contributed by atoms with Crippen molar-refractivity contribution >= 4 is 5.91 Å². The van der Waals surface area contributed by atoms with Crippen molar-refractivity contribution in [3.63, 3.8) is 0 Å². The van der Waals surface area contributed by atoms with Crippen molar-refractivity contribution < 1.29 is 9.90 Å². The van der Waals surface area contributed by atoms with Gasteiger partial charge >= 0.3 is 0 Å². The summed E-state index contributed by atoms with van der Waals surface area (Å²) in [6, 6.07) is 5.90. The van der Waals surface area contributed by atoms with E-state index in [-0.39, 0.29) is 18.6 Å². The van der Waals surface area contributed by atoms with Gasteiger partial charge in [-0.25, -0.2) is 0 Å². The molecule has 2 N–H and O–H groups in total. The summed E-state index contributed by atoms with van der Waals surface area (Å²) < 4.78 is 0. The first kappa shape index (κ1) is 17.3. The molecule has 0 radical (unpaired) electrons. The topological polar surface area (TPSA) is 49.3 Å². The summed E-state index contributed by atoms with van der Waals surface area (Å²) in [7, 11) is 0. The summed E-state index contributed by atoms with van der Waals surface area (Å²) in [5.41, 5.74) is 2.38. The lowest BCUT2D eigenvalue weighted by Crippen LogP contribution is -2.34. The number of aliphatic hydroxyl groups is 1. The lowest BCUT2D eigenvalue weighted by atomic mass is 10.0. The van der Waals surface area contributed by atoms with Gasteiger partial charge < -0.3 is 10.4 Å². The Hall–Kier alpha value is -1.79. The summed E-state index contributed by atoms with van der Waals surface area (Å²) >= 11 is 0. The molecule has 3 nitrogen and oxygen atoms in total. The predicted molar refractivity (Wildman–Crippen MR) is 86.2 cm³/mol. The van der Waals surface area contributed by atoms with Crippen LogP contribution in [-0.2, 0) is 0 Å². The largest absolute Gasteiger partial charge is 0.395 e. The van der Waals surface area contributed by atoms with Gasteiger partial charge in [-0.1, -0.05) is 43.7 Å². The molecule has 1 amide bonds. The Bertz CT molecular complexity index is 526. The Labute approximate surface area is 127 Å². The Kier molecular flexibility index (Phi) is 7.56. The molecule has 0 aromatic heterocycles. The van der Waals surface area contributed by atoms with Gasteiger partial charge in [0, 0.05) is 18.0 Å². The summed E-state index contributed by atoms with van der Waals surface area (Å²) in [6.45, 7) is 6.20. The maximum Gasteiger partial charge on any atom is 0.252 e. The maximum atomic E-state index is 12.5. The van der Waals surface area contributed by atoms with E-state index in [9.17, 15) is 4.79 Å². The van der Waals surface area contributed by atoms with E-state index in [0.29, 0.717) is 12.0 Å². The number of amides is 1. The fourth-order valence-corrected chi connectivity index (χ4v) is 2.16. The van der Waals surface area contributed by atoms with Crippen LogP contribution in [-0.4, -0.2) is 23.7 Å². The van der Waals surface area contributed by atoms with Crippen molar-refractivity contribution in [3.8, 4) is 11.8 Å². The van der Waals surface area contributed by atoms with Crippen LogP contribution in [0.2, 0.25) is 0 Å².